The van der Waals surface area contributed by atoms with Crippen LogP contribution in [0.25, 0.3) is 0 Å². The van der Waals surface area contributed by atoms with Gasteiger partial charge in [-0.15, -0.1) is 0 Å². The van der Waals surface area contributed by atoms with Crippen LogP contribution in [-0.4, -0.2) is 23.4 Å². The molecular formula is C10H16O2. The van der Waals surface area contributed by atoms with E-state index in [2.05, 4.69) is 12.2 Å². The van der Waals surface area contributed by atoms with Gasteiger partial charge in [0.2, 0.25) is 0 Å². The van der Waals surface area contributed by atoms with Gasteiger partial charge in [-0.1, -0.05) is 12.2 Å². The smallest absolute Gasteiger partial charge is 0.0517 e. The molecular weight excluding hydrogens is 152 g/mol. The first-order valence-corrected chi connectivity index (χ1v) is 4.72. The fraction of sp³-hybridized carbons (Fsp3) is 0.800. The molecule has 3 aliphatic rings. The van der Waals surface area contributed by atoms with Gasteiger partial charge in [0.15, 0.2) is 0 Å². The molecule has 68 valence electrons. The van der Waals surface area contributed by atoms with Gasteiger partial charge in [0, 0.05) is 5.41 Å². The molecule has 3 aliphatic carbocycles. The number of rotatable bonds is 2. The highest BCUT2D eigenvalue weighted by Gasteiger charge is 2.53. The molecule has 1 fully saturated rings. The molecule has 2 heteroatoms. The van der Waals surface area contributed by atoms with Crippen LogP contribution in [0.3, 0.4) is 0 Å². The van der Waals surface area contributed by atoms with Crippen LogP contribution in [-0.2, 0) is 0 Å². The quantitative estimate of drug-likeness (QED) is 0.602. The minimum atomic E-state index is -0.174. The van der Waals surface area contributed by atoms with Gasteiger partial charge >= 0.3 is 0 Å². The Morgan fingerprint density at radius 2 is 2.08 bits per heavy atom. The van der Waals surface area contributed by atoms with E-state index in [0.717, 1.165) is 19.3 Å². The molecule has 2 unspecified atom stereocenters. The van der Waals surface area contributed by atoms with E-state index in [9.17, 15) is 10.2 Å². The fourth-order valence-electron chi connectivity index (χ4n) is 2.69. The van der Waals surface area contributed by atoms with Crippen LogP contribution in [0.1, 0.15) is 19.3 Å². The van der Waals surface area contributed by atoms with Crippen molar-refractivity contribution in [1.82, 2.24) is 0 Å². The van der Waals surface area contributed by atoms with E-state index in [0.29, 0.717) is 11.8 Å². The maximum atomic E-state index is 9.27. The molecule has 0 saturated heterocycles. The maximum Gasteiger partial charge on any atom is 0.0517 e. The van der Waals surface area contributed by atoms with E-state index in [-0.39, 0.29) is 18.6 Å². The van der Waals surface area contributed by atoms with E-state index < -0.39 is 0 Å². The first kappa shape index (κ1) is 8.27. The predicted molar refractivity (Wildman–Crippen MR) is 46.6 cm³/mol. The molecule has 0 aromatic rings. The highest BCUT2D eigenvalue weighted by Crippen LogP contribution is 2.55. The van der Waals surface area contributed by atoms with Gasteiger partial charge in [0.25, 0.3) is 0 Å². The second-order valence-electron chi connectivity index (χ2n) is 4.09. The Balaban J connectivity index is 2.20. The van der Waals surface area contributed by atoms with Gasteiger partial charge < -0.3 is 10.2 Å². The molecule has 0 radical (unpaired) electrons. The van der Waals surface area contributed by atoms with Gasteiger partial charge in [-0.05, 0) is 31.1 Å². The zero-order valence-electron chi connectivity index (χ0n) is 7.24. The van der Waals surface area contributed by atoms with Gasteiger partial charge in [-0.25, -0.2) is 0 Å². The summed E-state index contributed by atoms with van der Waals surface area (Å²) in [6.07, 6.45) is 7.78. The lowest BCUT2D eigenvalue weighted by Gasteiger charge is -2.52. The lowest BCUT2D eigenvalue weighted by molar-refractivity contribution is -0.106. The molecule has 0 amide bonds. The van der Waals surface area contributed by atoms with Crippen molar-refractivity contribution in [2.75, 3.05) is 13.2 Å². The monoisotopic (exact) mass is 168 g/mol. The van der Waals surface area contributed by atoms with Crippen LogP contribution in [0, 0.1) is 17.3 Å². The number of allylic oxidation sites excluding steroid dienone is 2. The summed E-state index contributed by atoms with van der Waals surface area (Å²) in [4.78, 5) is 0. The standard InChI is InChI=1S/C10H16O2/c11-6-10(7-12)8-3-1-2-4-9(10)5-8/h1,3,8-9,11-12H,2,4-7H2. The lowest BCUT2D eigenvalue weighted by Crippen LogP contribution is -2.52. The first-order chi connectivity index (χ1) is 5.83. The Morgan fingerprint density at radius 1 is 1.33 bits per heavy atom. The van der Waals surface area contributed by atoms with E-state index >= 15 is 0 Å². The third kappa shape index (κ3) is 0.882. The van der Waals surface area contributed by atoms with Gasteiger partial charge in [-0.2, -0.15) is 0 Å². The van der Waals surface area contributed by atoms with Gasteiger partial charge in [0.05, 0.1) is 13.2 Å². The SMILES string of the molecule is OCC1(CO)C2C=CCCC1C2. The summed E-state index contributed by atoms with van der Waals surface area (Å²) in [6.45, 7) is 0.284. The molecule has 12 heavy (non-hydrogen) atoms. The van der Waals surface area contributed by atoms with Crippen LogP contribution >= 0.6 is 0 Å². The highest BCUT2D eigenvalue weighted by atomic mass is 16.3. The zero-order chi connectivity index (χ0) is 8.60. The van der Waals surface area contributed by atoms with Crippen molar-refractivity contribution in [2.45, 2.75) is 19.3 Å². The molecule has 2 nitrogen and oxygen atoms in total. The summed E-state index contributed by atoms with van der Waals surface area (Å²) in [7, 11) is 0. The average Bonchev–Trinajstić information content (AvgIpc) is 2.39. The molecule has 2 bridgehead atoms. The Kier molecular flexibility index (Phi) is 1.97. The number of aliphatic hydroxyl groups is 2. The Morgan fingerprint density at radius 3 is 2.75 bits per heavy atom. The molecule has 1 saturated carbocycles. The molecule has 3 rings (SSSR count). The lowest BCUT2D eigenvalue weighted by atomic mass is 9.53. The predicted octanol–water partition coefficient (Wildman–Crippen LogP) is 0.944. The number of hydrogen-bond acceptors (Lipinski definition) is 2. The molecule has 0 aliphatic heterocycles. The third-order valence-electron chi connectivity index (χ3n) is 3.73. The highest BCUT2D eigenvalue weighted by molar-refractivity contribution is 5.12. The summed E-state index contributed by atoms with van der Waals surface area (Å²) in [5.74, 6) is 0.979. The molecule has 2 atom stereocenters. The Labute approximate surface area is 72.9 Å². The minimum Gasteiger partial charge on any atom is -0.396 e. The van der Waals surface area contributed by atoms with Crippen molar-refractivity contribution in [3.8, 4) is 0 Å². The van der Waals surface area contributed by atoms with Crippen LogP contribution in [0.4, 0.5) is 0 Å². The molecule has 0 spiro atoms. The minimum absolute atomic E-state index is 0.142. The summed E-state index contributed by atoms with van der Waals surface area (Å²) in [5.41, 5.74) is -0.174. The fourth-order valence-corrected chi connectivity index (χ4v) is 2.69. The second kappa shape index (κ2) is 2.86. The van der Waals surface area contributed by atoms with Gasteiger partial charge in [-0.3, -0.25) is 0 Å². The number of fused-ring (bicyclic) bond motifs is 2. The second-order valence-corrected chi connectivity index (χ2v) is 4.09. The van der Waals surface area contributed by atoms with Crippen LogP contribution in [0.15, 0.2) is 12.2 Å². The number of hydrogen-bond donors (Lipinski definition) is 2. The van der Waals surface area contributed by atoms with Crippen molar-refractivity contribution in [3.63, 3.8) is 0 Å². The summed E-state index contributed by atoms with van der Waals surface area (Å²) in [6, 6.07) is 0. The van der Waals surface area contributed by atoms with E-state index in [1.165, 1.54) is 0 Å². The molecule has 0 heterocycles. The summed E-state index contributed by atoms with van der Waals surface area (Å²) >= 11 is 0. The summed E-state index contributed by atoms with van der Waals surface area (Å²) in [5, 5.41) is 18.5. The Bertz CT molecular complexity index is 192. The number of aliphatic hydroxyl groups excluding tert-OH is 2. The molecule has 2 N–H and O–H groups in total. The van der Waals surface area contributed by atoms with E-state index in [1.54, 1.807) is 0 Å². The van der Waals surface area contributed by atoms with Crippen molar-refractivity contribution in [2.24, 2.45) is 17.3 Å². The van der Waals surface area contributed by atoms with Crippen molar-refractivity contribution < 1.29 is 10.2 Å². The van der Waals surface area contributed by atoms with E-state index in [1.807, 2.05) is 0 Å². The van der Waals surface area contributed by atoms with E-state index in [4.69, 9.17) is 0 Å². The van der Waals surface area contributed by atoms with Crippen LogP contribution in [0.2, 0.25) is 0 Å². The van der Waals surface area contributed by atoms with Crippen LogP contribution in [0.5, 0.6) is 0 Å². The maximum absolute atomic E-state index is 9.27. The van der Waals surface area contributed by atoms with Crippen molar-refractivity contribution in [1.29, 1.82) is 0 Å². The van der Waals surface area contributed by atoms with Crippen molar-refractivity contribution >= 4 is 0 Å². The topological polar surface area (TPSA) is 40.5 Å². The van der Waals surface area contributed by atoms with Crippen molar-refractivity contribution in [3.05, 3.63) is 12.2 Å². The normalized spacial score (nSPS) is 37.2. The van der Waals surface area contributed by atoms with Crippen LogP contribution < -0.4 is 0 Å². The Hall–Kier alpha value is -0.340. The molecule has 0 aromatic heterocycles. The first-order valence-electron chi connectivity index (χ1n) is 4.72. The average molecular weight is 168 g/mol. The zero-order valence-corrected chi connectivity index (χ0v) is 7.24. The third-order valence-corrected chi connectivity index (χ3v) is 3.73. The largest absolute Gasteiger partial charge is 0.396 e. The van der Waals surface area contributed by atoms with Gasteiger partial charge in [0.1, 0.15) is 0 Å². The molecule has 0 aromatic carbocycles. The summed E-state index contributed by atoms with van der Waals surface area (Å²) < 4.78 is 0.